The van der Waals surface area contributed by atoms with Gasteiger partial charge in [0.1, 0.15) is 5.75 Å². The van der Waals surface area contributed by atoms with E-state index in [9.17, 15) is 9.90 Å². The molecule has 2 heterocycles. The summed E-state index contributed by atoms with van der Waals surface area (Å²) in [6.07, 6.45) is 0. The molecule has 92 valence electrons. The van der Waals surface area contributed by atoms with Crippen LogP contribution >= 0.6 is 0 Å². The number of ether oxygens (including phenoxy) is 2. The van der Waals surface area contributed by atoms with Gasteiger partial charge < -0.3 is 24.2 Å². The fraction of sp³-hybridized carbons (Fsp3) is 0.0909. The molecule has 1 aromatic carbocycles. The van der Waals surface area contributed by atoms with Crippen molar-refractivity contribution in [2.45, 2.75) is 0 Å². The Kier molecular flexibility index (Phi) is 2.12. The Labute approximate surface area is 100 Å². The molecule has 0 saturated carbocycles. The highest BCUT2D eigenvalue weighted by atomic mass is 16.7. The average Bonchev–Trinajstić information content (AvgIpc) is 2.94. The summed E-state index contributed by atoms with van der Waals surface area (Å²) in [5.74, 6) is -0.286. The van der Waals surface area contributed by atoms with Crippen LogP contribution in [0.4, 0.5) is 0 Å². The Morgan fingerprint density at radius 1 is 1.22 bits per heavy atom. The Balaban J connectivity index is 2.08. The third-order valence-corrected chi connectivity index (χ3v) is 2.49. The van der Waals surface area contributed by atoms with Crippen LogP contribution in [0, 0.1) is 0 Å². The molecule has 2 aromatic rings. The van der Waals surface area contributed by atoms with Gasteiger partial charge in [0.15, 0.2) is 23.0 Å². The van der Waals surface area contributed by atoms with E-state index in [1.54, 1.807) is 0 Å². The van der Waals surface area contributed by atoms with Gasteiger partial charge >= 0.3 is 5.97 Å². The summed E-state index contributed by atoms with van der Waals surface area (Å²) in [5, 5.41) is 21.9. The van der Waals surface area contributed by atoms with Crippen molar-refractivity contribution in [3.8, 4) is 28.6 Å². The van der Waals surface area contributed by atoms with Crippen LogP contribution in [0.1, 0.15) is 10.5 Å². The van der Waals surface area contributed by atoms with Crippen molar-refractivity contribution in [2.24, 2.45) is 0 Å². The molecule has 7 nitrogen and oxygen atoms in total. The lowest BCUT2D eigenvalue weighted by molar-refractivity contribution is 0.0686. The summed E-state index contributed by atoms with van der Waals surface area (Å²) in [5.41, 5.74) is 0.0568. The molecule has 0 radical (unpaired) electrons. The fourth-order valence-corrected chi connectivity index (χ4v) is 1.63. The van der Waals surface area contributed by atoms with Crippen molar-refractivity contribution in [2.75, 3.05) is 6.79 Å². The molecule has 0 fully saturated rings. The van der Waals surface area contributed by atoms with Gasteiger partial charge in [0.25, 0.3) is 0 Å². The summed E-state index contributed by atoms with van der Waals surface area (Å²) in [6, 6.07) is 4.10. The molecule has 1 aliphatic rings. The zero-order valence-electron chi connectivity index (χ0n) is 8.91. The Morgan fingerprint density at radius 2 is 1.94 bits per heavy atom. The summed E-state index contributed by atoms with van der Waals surface area (Å²) < 4.78 is 15.1. The lowest BCUT2D eigenvalue weighted by Gasteiger charge is -2.02. The minimum absolute atomic E-state index is 0.0784. The van der Waals surface area contributed by atoms with E-state index in [1.165, 1.54) is 18.2 Å². The van der Waals surface area contributed by atoms with Crippen molar-refractivity contribution in [1.82, 2.24) is 5.16 Å². The van der Waals surface area contributed by atoms with E-state index >= 15 is 0 Å². The largest absolute Gasteiger partial charge is 0.507 e. The van der Waals surface area contributed by atoms with Crippen LogP contribution in [-0.2, 0) is 0 Å². The number of carboxylic acid groups (broad SMARTS) is 1. The van der Waals surface area contributed by atoms with Crippen molar-refractivity contribution < 1.29 is 29.0 Å². The lowest BCUT2D eigenvalue weighted by atomic mass is 10.1. The zero-order chi connectivity index (χ0) is 12.7. The predicted molar refractivity (Wildman–Crippen MR) is 56.7 cm³/mol. The van der Waals surface area contributed by atoms with Crippen molar-refractivity contribution in [1.29, 1.82) is 0 Å². The number of carbonyl (C=O) groups is 1. The SMILES string of the molecule is O=C(O)c1cc(-c2cc3c(cc2O)OCO3)on1. The van der Waals surface area contributed by atoms with Crippen molar-refractivity contribution in [3.63, 3.8) is 0 Å². The molecular weight excluding hydrogens is 242 g/mol. The second kappa shape index (κ2) is 3.66. The quantitative estimate of drug-likeness (QED) is 0.830. The molecule has 3 rings (SSSR count). The van der Waals surface area contributed by atoms with Crippen LogP contribution in [0.5, 0.6) is 17.2 Å². The van der Waals surface area contributed by atoms with E-state index < -0.39 is 5.97 Å². The molecule has 0 aliphatic carbocycles. The normalized spacial score (nSPS) is 12.7. The van der Waals surface area contributed by atoms with Crippen LogP contribution in [0.3, 0.4) is 0 Å². The smallest absolute Gasteiger partial charge is 0.358 e. The highest BCUT2D eigenvalue weighted by Crippen LogP contribution is 2.41. The molecule has 0 amide bonds. The summed E-state index contributed by atoms with van der Waals surface area (Å²) in [4.78, 5) is 10.7. The second-order valence-electron chi connectivity index (χ2n) is 3.60. The molecule has 0 spiro atoms. The highest BCUT2D eigenvalue weighted by Gasteiger charge is 2.21. The van der Waals surface area contributed by atoms with Gasteiger partial charge in [0, 0.05) is 12.1 Å². The number of phenols is 1. The number of carboxylic acids is 1. The Hall–Kier alpha value is -2.70. The van der Waals surface area contributed by atoms with Gasteiger partial charge in [-0.3, -0.25) is 0 Å². The van der Waals surface area contributed by atoms with Crippen molar-refractivity contribution >= 4 is 5.97 Å². The molecule has 1 aliphatic heterocycles. The number of fused-ring (bicyclic) bond motifs is 1. The third kappa shape index (κ3) is 1.53. The molecule has 0 unspecified atom stereocenters. The van der Waals surface area contributed by atoms with E-state index in [0.717, 1.165) is 0 Å². The second-order valence-corrected chi connectivity index (χ2v) is 3.60. The van der Waals surface area contributed by atoms with Crippen molar-refractivity contribution in [3.05, 3.63) is 23.9 Å². The molecule has 1 aromatic heterocycles. The van der Waals surface area contributed by atoms with Crippen LogP contribution in [0.25, 0.3) is 11.3 Å². The molecule has 0 atom stereocenters. The standard InChI is InChI=1S/C11H7NO6/c13-7-3-10-9(16-4-17-10)1-5(7)8-2-6(11(14)15)12-18-8/h1-3,13H,4H2,(H,14,15). The monoisotopic (exact) mass is 249 g/mol. The topological polar surface area (TPSA) is 102 Å². The molecule has 0 bridgehead atoms. The Bertz CT molecular complexity index is 632. The first kappa shape index (κ1) is 10.5. The van der Waals surface area contributed by atoms with E-state index in [1.807, 2.05) is 0 Å². The van der Waals surface area contributed by atoms with Crippen LogP contribution in [0.2, 0.25) is 0 Å². The number of aromatic hydroxyl groups is 1. The van der Waals surface area contributed by atoms with E-state index in [0.29, 0.717) is 17.1 Å². The summed E-state index contributed by atoms with van der Waals surface area (Å²) in [6.45, 7) is 0.0784. The number of rotatable bonds is 2. The number of hydrogen-bond donors (Lipinski definition) is 2. The maximum absolute atomic E-state index is 10.7. The van der Waals surface area contributed by atoms with Crippen LogP contribution in [-0.4, -0.2) is 28.1 Å². The van der Waals surface area contributed by atoms with Gasteiger partial charge in [-0.2, -0.15) is 0 Å². The number of aromatic carboxylic acids is 1. The number of aromatic nitrogens is 1. The van der Waals surface area contributed by atoms with Gasteiger partial charge in [0.2, 0.25) is 6.79 Å². The summed E-state index contributed by atoms with van der Waals surface area (Å²) in [7, 11) is 0. The average molecular weight is 249 g/mol. The summed E-state index contributed by atoms with van der Waals surface area (Å²) >= 11 is 0. The number of phenolic OH excluding ortho intramolecular Hbond substituents is 1. The van der Waals surface area contributed by atoms with Gasteiger partial charge in [-0.15, -0.1) is 0 Å². The Morgan fingerprint density at radius 3 is 2.61 bits per heavy atom. The molecular formula is C11H7NO6. The molecule has 18 heavy (non-hydrogen) atoms. The molecule has 0 saturated heterocycles. The van der Waals surface area contributed by atoms with E-state index in [2.05, 4.69) is 5.16 Å². The number of benzene rings is 1. The molecule has 7 heteroatoms. The minimum Gasteiger partial charge on any atom is -0.507 e. The maximum atomic E-state index is 10.7. The van der Waals surface area contributed by atoms with E-state index in [-0.39, 0.29) is 24.0 Å². The van der Waals surface area contributed by atoms with Gasteiger partial charge in [-0.25, -0.2) is 4.79 Å². The van der Waals surface area contributed by atoms with Gasteiger partial charge in [0.05, 0.1) is 5.56 Å². The first-order valence-electron chi connectivity index (χ1n) is 4.98. The fourth-order valence-electron chi connectivity index (χ4n) is 1.63. The van der Waals surface area contributed by atoms with Crippen LogP contribution < -0.4 is 9.47 Å². The van der Waals surface area contributed by atoms with Crippen LogP contribution in [0.15, 0.2) is 22.7 Å². The lowest BCUT2D eigenvalue weighted by Crippen LogP contribution is -1.94. The maximum Gasteiger partial charge on any atom is 0.358 e. The first-order valence-corrected chi connectivity index (χ1v) is 4.98. The van der Waals surface area contributed by atoms with Gasteiger partial charge in [-0.05, 0) is 6.07 Å². The van der Waals surface area contributed by atoms with E-state index in [4.69, 9.17) is 19.1 Å². The molecule has 2 N–H and O–H groups in total. The highest BCUT2D eigenvalue weighted by molar-refractivity contribution is 5.87. The third-order valence-electron chi connectivity index (χ3n) is 2.49. The van der Waals surface area contributed by atoms with Gasteiger partial charge in [-0.1, -0.05) is 5.16 Å². The minimum atomic E-state index is -1.20. The number of nitrogens with zero attached hydrogens (tertiary/aromatic N) is 1. The zero-order valence-corrected chi connectivity index (χ0v) is 8.91. The number of hydrogen-bond acceptors (Lipinski definition) is 6. The predicted octanol–water partition coefficient (Wildman–Crippen LogP) is 1.47. The first-order chi connectivity index (χ1) is 8.65.